The molecule has 0 radical (unpaired) electrons. The number of aryl methyl sites for hydroxylation is 1. The normalized spacial score (nSPS) is 14.0. The zero-order chi connectivity index (χ0) is 19.1. The molecule has 2 amide bonds. The van der Waals surface area contributed by atoms with Crippen LogP contribution in [0.25, 0.3) is 0 Å². The molecule has 0 saturated heterocycles. The molecule has 1 atom stereocenters. The lowest BCUT2D eigenvalue weighted by Crippen LogP contribution is -2.57. The molecule has 0 aliphatic heterocycles. The van der Waals surface area contributed by atoms with E-state index in [1.54, 1.807) is 11.3 Å². The summed E-state index contributed by atoms with van der Waals surface area (Å²) in [6.45, 7) is 11.8. The minimum atomic E-state index is -0.538. The van der Waals surface area contributed by atoms with E-state index < -0.39 is 17.2 Å². The molecule has 25 heavy (non-hydrogen) atoms. The number of rotatable bonds is 8. The van der Waals surface area contributed by atoms with Gasteiger partial charge in [0.25, 0.3) is 0 Å². The van der Waals surface area contributed by atoms with E-state index in [0.717, 1.165) is 12.8 Å². The third-order valence-electron chi connectivity index (χ3n) is 4.11. The van der Waals surface area contributed by atoms with Crippen molar-refractivity contribution < 1.29 is 14.3 Å². The van der Waals surface area contributed by atoms with Gasteiger partial charge in [-0.15, -0.1) is 11.3 Å². The minimum Gasteiger partial charge on any atom is -0.444 e. The molecule has 0 aliphatic rings. The van der Waals surface area contributed by atoms with E-state index in [1.807, 2.05) is 53.0 Å². The molecule has 5 nitrogen and oxygen atoms in total. The number of hydrogen-bond donors (Lipinski definition) is 2. The maximum atomic E-state index is 12.3. The molecule has 1 aromatic rings. The first-order chi connectivity index (χ1) is 11.5. The first-order valence-corrected chi connectivity index (χ1v) is 9.70. The highest BCUT2D eigenvalue weighted by Gasteiger charge is 2.31. The van der Waals surface area contributed by atoms with Gasteiger partial charge in [-0.2, -0.15) is 0 Å². The Kier molecular flexibility index (Phi) is 7.93. The summed E-state index contributed by atoms with van der Waals surface area (Å²) in [6.07, 6.45) is 1.75. The van der Waals surface area contributed by atoms with Crippen LogP contribution in [0.3, 0.4) is 0 Å². The summed E-state index contributed by atoms with van der Waals surface area (Å²) in [5.41, 5.74) is -1.06. The molecule has 142 valence electrons. The second kappa shape index (κ2) is 9.22. The molecule has 1 aromatic heterocycles. The molecule has 6 heteroatoms. The van der Waals surface area contributed by atoms with E-state index in [0.29, 0.717) is 13.0 Å². The monoisotopic (exact) mass is 368 g/mol. The Balaban J connectivity index is 2.47. The van der Waals surface area contributed by atoms with Gasteiger partial charge in [-0.3, -0.25) is 4.79 Å². The van der Waals surface area contributed by atoms with E-state index >= 15 is 0 Å². The number of carbonyl (C=O) groups excluding carboxylic acids is 2. The van der Waals surface area contributed by atoms with Gasteiger partial charge >= 0.3 is 6.09 Å². The van der Waals surface area contributed by atoms with Crippen LogP contribution < -0.4 is 10.6 Å². The summed E-state index contributed by atoms with van der Waals surface area (Å²) in [4.78, 5) is 25.5. The zero-order valence-corrected chi connectivity index (χ0v) is 17.1. The average molecular weight is 369 g/mol. The minimum absolute atomic E-state index is 0.0127. The van der Waals surface area contributed by atoms with Gasteiger partial charge in [-0.25, -0.2) is 4.79 Å². The number of amides is 2. The number of thiophene rings is 1. The van der Waals surface area contributed by atoms with Crippen LogP contribution in [0.2, 0.25) is 0 Å². The molecular weight excluding hydrogens is 336 g/mol. The molecule has 0 bridgehead atoms. The fraction of sp³-hybridized carbons (Fsp3) is 0.684. The summed E-state index contributed by atoms with van der Waals surface area (Å²) in [5, 5.41) is 7.91. The fourth-order valence-corrected chi connectivity index (χ4v) is 2.97. The first-order valence-electron chi connectivity index (χ1n) is 8.82. The van der Waals surface area contributed by atoms with Crippen LogP contribution in [-0.2, 0) is 16.0 Å². The van der Waals surface area contributed by atoms with E-state index in [1.165, 1.54) is 4.88 Å². The van der Waals surface area contributed by atoms with Crippen LogP contribution in [0, 0.1) is 5.92 Å². The van der Waals surface area contributed by atoms with Gasteiger partial charge in [0.05, 0.1) is 5.54 Å². The Morgan fingerprint density at radius 3 is 2.44 bits per heavy atom. The van der Waals surface area contributed by atoms with Crippen LogP contribution in [-0.4, -0.2) is 29.7 Å². The molecule has 1 unspecified atom stereocenters. The zero-order valence-electron chi connectivity index (χ0n) is 16.3. The Hall–Kier alpha value is -1.56. The maximum absolute atomic E-state index is 12.3. The second-order valence-electron chi connectivity index (χ2n) is 7.91. The lowest BCUT2D eigenvalue weighted by atomic mass is 9.88. The number of alkyl carbamates (subject to hydrolysis) is 1. The smallest absolute Gasteiger partial charge is 0.407 e. The van der Waals surface area contributed by atoms with Gasteiger partial charge in [0.1, 0.15) is 5.60 Å². The number of nitrogens with one attached hydrogen (secondary N) is 2. The Morgan fingerprint density at radius 2 is 1.92 bits per heavy atom. The average Bonchev–Trinajstić information content (AvgIpc) is 2.96. The van der Waals surface area contributed by atoms with Crippen molar-refractivity contribution in [2.75, 3.05) is 6.54 Å². The van der Waals surface area contributed by atoms with Crippen molar-refractivity contribution in [1.29, 1.82) is 0 Å². The predicted octanol–water partition coefficient (Wildman–Crippen LogP) is 4.13. The molecule has 0 aromatic carbocycles. The Labute approximate surface area is 155 Å². The highest BCUT2D eigenvalue weighted by atomic mass is 32.1. The lowest BCUT2D eigenvalue weighted by molar-refractivity contribution is -0.123. The largest absolute Gasteiger partial charge is 0.444 e. The van der Waals surface area contributed by atoms with Gasteiger partial charge in [0.2, 0.25) is 5.91 Å². The number of carbonyl (C=O) groups is 2. The SMILES string of the molecule is CC(C)C(C)(CNC(=O)OC(C)(C)C)NC(=O)CCCc1cccs1. The van der Waals surface area contributed by atoms with Crippen molar-refractivity contribution in [3.8, 4) is 0 Å². The van der Waals surface area contributed by atoms with Crippen LogP contribution in [0.4, 0.5) is 4.79 Å². The lowest BCUT2D eigenvalue weighted by Gasteiger charge is -2.35. The van der Waals surface area contributed by atoms with Gasteiger partial charge in [-0.05, 0) is 57.9 Å². The summed E-state index contributed by atoms with van der Waals surface area (Å²) < 4.78 is 5.26. The molecule has 0 aliphatic carbocycles. The third-order valence-corrected chi connectivity index (χ3v) is 5.04. The molecular formula is C19H32N2O3S. The third kappa shape index (κ3) is 8.38. The van der Waals surface area contributed by atoms with Crippen molar-refractivity contribution in [1.82, 2.24) is 10.6 Å². The molecule has 0 saturated carbocycles. The second-order valence-corrected chi connectivity index (χ2v) is 8.94. The van der Waals surface area contributed by atoms with Gasteiger partial charge in [0, 0.05) is 17.8 Å². The highest BCUT2D eigenvalue weighted by Crippen LogP contribution is 2.17. The van der Waals surface area contributed by atoms with Crippen LogP contribution in [0.5, 0.6) is 0 Å². The standard InChI is InChI=1S/C19H32N2O3S/c1-14(2)19(6,13-20-17(23)24-18(3,4)5)21-16(22)11-7-9-15-10-8-12-25-15/h8,10,12,14H,7,9,11,13H2,1-6H3,(H,20,23)(H,21,22). The van der Waals surface area contributed by atoms with Crippen LogP contribution in [0.15, 0.2) is 17.5 Å². The molecule has 0 fully saturated rings. The highest BCUT2D eigenvalue weighted by molar-refractivity contribution is 7.09. The number of hydrogen-bond acceptors (Lipinski definition) is 4. The summed E-state index contributed by atoms with van der Waals surface area (Å²) >= 11 is 1.72. The van der Waals surface area contributed by atoms with Crippen molar-refractivity contribution in [2.24, 2.45) is 5.92 Å². The predicted molar refractivity (Wildman–Crippen MR) is 103 cm³/mol. The summed E-state index contributed by atoms with van der Waals surface area (Å²) in [6, 6.07) is 4.11. The molecule has 1 rings (SSSR count). The Bertz CT molecular complexity index is 550. The summed E-state index contributed by atoms with van der Waals surface area (Å²) in [5.74, 6) is 0.183. The molecule has 2 N–H and O–H groups in total. The number of ether oxygens (including phenoxy) is 1. The quantitative estimate of drug-likeness (QED) is 0.725. The van der Waals surface area contributed by atoms with Gasteiger partial charge in [0.15, 0.2) is 0 Å². The molecule has 1 heterocycles. The van der Waals surface area contributed by atoms with Crippen molar-refractivity contribution >= 4 is 23.3 Å². The van der Waals surface area contributed by atoms with E-state index in [2.05, 4.69) is 16.7 Å². The van der Waals surface area contributed by atoms with Gasteiger partial charge in [-0.1, -0.05) is 19.9 Å². The van der Waals surface area contributed by atoms with Crippen LogP contribution >= 0.6 is 11.3 Å². The van der Waals surface area contributed by atoms with Crippen LogP contribution in [0.1, 0.15) is 59.3 Å². The van der Waals surface area contributed by atoms with Gasteiger partial charge < -0.3 is 15.4 Å². The summed E-state index contributed by atoms with van der Waals surface area (Å²) in [7, 11) is 0. The van der Waals surface area contributed by atoms with Crippen molar-refractivity contribution in [3.63, 3.8) is 0 Å². The first kappa shape index (κ1) is 21.5. The maximum Gasteiger partial charge on any atom is 0.407 e. The molecule has 0 spiro atoms. The van der Waals surface area contributed by atoms with E-state index in [9.17, 15) is 9.59 Å². The van der Waals surface area contributed by atoms with E-state index in [4.69, 9.17) is 4.74 Å². The topological polar surface area (TPSA) is 67.4 Å². The Morgan fingerprint density at radius 1 is 1.24 bits per heavy atom. The van der Waals surface area contributed by atoms with Crippen molar-refractivity contribution in [3.05, 3.63) is 22.4 Å². The van der Waals surface area contributed by atoms with Crippen molar-refractivity contribution in [2.45, 2.75) is 71.9 Å². The fourth-order valence-electron chi connectivity index (χ4n) is 2.22. The van der Waals surface area contributed by atoms with E-state index in [-0.39, 0.29) is 11.8 Å².